The van der Waals surface area contributed by atoms with E-state index in [1.54, 1.807) is 0 Å². The SMILES string of the molecule is CCC(C)COc1c(N)cccc1Br. The first-order valence-corrected chi connectivity index (χ1v) is 5.61. The van der Waals surface area contributed by atoms with Crippen molar-refractivity contribution in [3.63, 3.8) is 0 Å². The predicted octanol–water partition coefficient (Wildman–Crippen LogP) is 3.46. The van der Waals surface area contributed by atoms with Crippen LogP contribution in [0.15, 0.2) is 22.7 Å². The first-order chi connectivity index (χ1) is 6.65. The van der Waals surface area contributed by atoms with Gasteiger partial charge in [0.05, 0.1) is 16.8 Å². The zero-order valence-electron chi connectivity index (χ0n) is 8.59. The van der Waals surface area contributed by atoms with Gasteiger partial charge in [0.1, 0.15) is 0 Å². The molecule has 0 aliphatic heterocycles. The molecule has 0 fully saturated rings. The minimum absolute atomic E-state index is 0.557. The number of nitrogen functional groups attached to an aromatic ring is 1. The van der Waals surface area contributed by atoms with Crippen LogP contribution in [-0.4, -0.2) is 6.61 Å². The van der Waals surface area contributed by atoms with Gasteiger partial charge in [-0.3, -0.25) is 0 Å². The molecule has 0 saturated carbocycles. The summed E-state index contributed by atoms with van der Waals surface area (Å²) in [5.74, 6) is 1.31. The number of benzene rings is 1. The summed E-state index contributed by atoms with van der Waals surface area (Å²) in [4.78, 5) is 0. The van der Waals surface area contributed by atoms with E-state index in [0.29, 0.717) is 18.2 Å². The second kappa shape index (κ2) is 5.25. The lowest BCUT2D eigenvalue weighted by molar-refractivity contribution is 0.256. The van der Waals surface area contributed by atoms with Crippen molar-refractivity contribution in [1.29, 1.82) is 0 Å². The third-order valence-corrected chi connectivity index (χ3v) is 2.83. The van der Waals surface area contributed by atoms with Crippen molar-refractivity contribution in [1.82, 2.24) is 0 Å². The zero-order chi connectivity index (χ0) is 10.6. The van der Waals surface area contributed by atoms with Crippen LogP contribution >= 0.6 is 15.9 Å². The van der Waals surface area contributed by atoms with E-state index in [9.17, 15) is 0 Å². The molecule has 0 amide bonds. The Labute approximate surface area is 93.6 Å². The Morgan fingerprint density at radius 2 is 2.21 bits per heavy atom. The van der Waals surface area contributed by atoms with E-state index >= 15 is 0 Å². The Morgan fingerprint density at radius 3 is 2.79 bits per heavy atom. The average molecular weight is 258 g/mol. The maximum Gasteiger partial charge on any atom is 0.156 e. The molecule has 0 aromatic heterocycles. The maximum atomic E-state index is 5.79. The molecule has 0 spiro atoms. The van der Waals surface area contributed by atoms with Crippen molar-refractivity contribution in [2.24, 2.45) is 5.92 Å². The minimum Gasteiger partial charge on any atom is -0.490 e. The molecule has 0 radical (unpaired) electrons. The molecular formula is C11H16BrNO. The molecule has 2 N–H and O–H groups in total. The lowest BCUT2D eigenvalue weighted by Crippen LogP contribution is -2.08. The van der Waals surface area contributed by atoms with Crippen LogP contribution in [0.25, 0.3) is 0 Å². The number of para-hydroxylation sites is 1. The van der Waals surface area contributed by atoms with Crippen LogP contribution in [0.3, 0.4) is 0 Å². The Bertz CT molecular complexity index is 281. The van der Waals surface area contributed by atoms with E-state index in [1.807, 2.05) is 18.2 Å². The first kappa shape index (κ1) is 11.4. The van der Waals surface area contributed by atoms with E-state index < -0.39 is 0 Å². The summed E-state index contributed by atoms with van der Waals surface area (Å²) in [6.07, 6.45) is 1.12. The molecule has 0 heterocycles. The van der Waals surface area contributed by atoms with Crippen LogP contribution in [0, 0.1) is 5.92 Å². The third-order valence-electron chi connectivity index (χ3n) is 2.21. The Kier molecular flexibility index (Phi) is 4.26. The number of halogens is 1. The van der Waals surface area contributed by atoms with Crippen LogP contribution in [0.1, 0.15) is 20.3 Å². The summed E-state index contributed by atoms with van der Waals surface area (Å²) in [5.41, 5.74) is 6.48. The van der Waals surface area contributed by atoms with Gasteiger partial charge in [-0.1, -0.05) is 26.3 Å². The minimum atomic E-state index is 0.557. The highest BCUT2D eigenvalue weighted by atomic mass is 79.9. The van der Waals surface area contributed by atoms with Gasteiger partial charge in [0.25, 0.3) is 0 Å². The van der Waals surface area contributed by atoms with Crippen molar-refractivity contribution in [2.45, 2.75) is 20.3 Å². The Hall–Kier alpha value is -0.700. The smallest absolute Gasteiger partial charge is 0.156 e. The van der Waals surface area contributed by atoms with Gasteiger partial charge >= 0.3 is 0 Å². The summed E-state index contributed by atoms with van der Waals surface area (Å²) >= 11 is 3.41. The maximum absolute atomic E-state index is 5.79. The molecule has 0 aliphatic rings. The molecule has 1 aromatic carbocycles. The van der Waals surface area contributed by atoms with Crippen LogP contribution in [0.4, 0.5) is 5.69 Å². The van der Waals surface area contributed by atoms with Gasteiger partial charge in [-0.15, -0.1) is 0 Å². The number of anilines is 1. The fraction of sp³-hybridized carbons (Fsp3) is 0.455. The fourth-order valence-electron chi connectivity index (χ4n) is 1.02. The van der Waals surface area contributed by atoms with Gasteiger partial charge in [-0.25, -0.2) is 0 Å². The lowest BCUT2D eigenvalue weighted by atomic mass is 10.1. The van der Waals surface area contributed by atoms with Gasteiger partial charge < -0.3 is 10.5 Å². The van der Waals surface area contributed by atoms with Gasteiger partial charge in [0.15, 0.2) is 5.75 Å². The van der Waals surface area contributed by atoms with Gasteiger partial charge in [-0.2, -0.15) is 0 Å². The second-order valence-electron chi connectivity index (χ2n) is 3.48. The summed E-state index contributed by atoms with van der Waals surface area (Å²) in [5, 5.41) is 0. The second-order valence-corrected chi connectivity index (χ2v) is 4.34. The summed E-state index contributed by atoms with van der Waals surface area (Å²) in [6, 6.07) is 5.68. The molecule has 1 rings (SSSR count). The standard InChI is InChI=1S/C11H16BrNO/c1-3-8(2)7-14-11-9(12)5-4-6-10(11)13/h4-6,8H,3,7,13H2,1-2H3. The van der Waals surface area contributed by atoms with Gasteiger partial charge in [-0.05, 0) is 34.0 Å². The number of nitrogens with two attached hydrogens (primary N) is 1. The highest BCUT2D eigenvalue weighted by molar-refractivity contribution is 9.10. The molecule has 1 aromatic rings. The van der Waals surface area contributed by atoms with Crippen molar-refractivity contribution in [3.05, 3.63) is 22.7 Å². The summed E-state index contributed by atoms with van der Waals surface area (Å²) < 4.78 is 6.57. The monoisotopic (exact) mass is 257 g/mol. The molecule has 1 atom stereocenters. The van der Waals surface area contributed by atoms with E-state index in [2.05, 4.69) is 29.8 Å². The normalized spacial score (nSPS) is 12.5. The molecule has 2 nitrogen and oxygen atoms in total. The van der Waals surface area contributed by atoms with Crippen molar-refractivity contribution >= 4 is 21.6 Å². The summed E-state index contributed by atoms with van der Waals surface area (Å²) in [6.45, 7) is 5.02. The van der Waals surface area contributed by atoms with Crippen LogP contribution < -0.4 is 10.5 Å². The van der Waals surface area contributed by atoms with Crippen molar-refractivity contribution < 1.29 is 4.74 Å². The topological polar surface area (TPSA) is 35.2 Å². The van der Waals surface area contributed by atoms with Crippen LogP contribution in [0.5, 0.6) is 5.75 Å². The number of hydrogen-bond acceptors (Lipinski definition) is 2. The molecule has 0 aliphatic carbocycles. The van der Waals surface area contributed by atoms with E-state index in [0.717, 1.165) is 16.6 Å². The molecule has 0 saturated heterocycles. The molecular weight excluding hydrogens is 242 g/mol. The first-order valence-electron chi connectivity index (χ1n) is 4.82. The van der Waals surface area contributed by atoms with Crippen LogP contribution in [-0.2, 0) is 0 Å². The Balaban J connectivity index is 2.66. The van der Waals surface area contributed by atoms with Crippen molar-refractivity contribution in [3.8, 4) is 5.75 Å². The lowest BCUT2D eigenvalue weighted by Gasteiger charge is -2.13. The predicted molar refractivity (Wildman–Crippen MR) is 63.5 cm³/mol. The zero-order valence-corrected chi connectivity index (χ0v) is 10.2. The van der Waals surface area contributed by atoms with Gasteiger partial charge in [0.2, 0.25) is 0 Å². The Morgan fingerprint density at radius 1 is 1.50 bits per heavy atom. The quantitative estimate of drug-likeness (QED) is 0.839. The number of hydrogen-bond donors (Lipinski definition) is 1. The van der Waals surface area contributed by atoms with E-state index in [-0.39, 0.29) is 0 Å². The molecule has 78 valence electrons. The molecule has 14 heavy (non-hydrogen) atoms. The van der Waals surface area contributed by atoms with Gasteiger partial charge in [0, 0.05) is 0 Å². The summed E-state index contributed by atoms with van der Waals surface area (Å²) in [7, 11) is 0. The largest absolute Gasteiger partial charge is 0.490 e. The van der Waals surface area contributed by atoms with Crippen molar-refractivity contribution in [2.75, 3.05) is 12.3 Å². The van der Waals surface area contributed by atoms with E-state index in [1.165, 1.54) is 0 Å². The molecule has 0 bridgehead atoms. The number of ether oxygens (including phenoxy) is 1. The fourth-order valence-corrected chi connectivity index (χ4v) is 1.52. The average Bonchev–Trinajstić information content (AvgIpc) is 2.16. The highest BCUT2D eigenvalue weighted by Gasteiger charge is 2.06. The molecule has 1 unspecified atom stereocenters. The highest BCUT2D eigenvalue weighted by Crippen LogP contribution is 2.31. The van der Waals surface area contributed by atoms with E-state index in [4.69, 9.17) is 10.5 Å². The number of rotatable bonds is 4. The molecule has 3 heteroatoms. The van der Waals surface area contributed by atoms with Crippen LogP contribution in [0.2, 0.25) is 0 Å². The third kappa shape index (κ3) is 2.91.